The molecule has 1 aromatic heterocycles. The molecule has 2 rings (SSSR count). The first-order valence-corrected chi connectivity index (χ1v) is 4.91. The number of nitrogens with one attached hydrogen (secondary N) is 1. The monoisotopic (exact) mass is 238 g/mol. The van der Waals surface area contributed by atoms with Gasteiger partial charge in [-0.25, -0.2) is 0 Å². The second-order valence-corrected chi connectivity index (χ2v) is 3.45. The first-order valence-electron chi connectivity index (χ1n) is 4.91. The van der Waals surface area contributed by atoms with Crippen molar-refractivity contribution in [2.24, 2.45) is 0 Å². The molecule has 1 aromatic carbocycles. The lowest BCUT2D eigenvalue weighted by Crippen LogP contribution is -2.04. The summed E-state index contributed by atoms with van der Waals surface area (Å²) >= 11 is 0. The first kappa shape index (κ1) is 11.4. The number of nitrogens with zero attached hydrogens (tertiary/aromatic N) is 1. The van der Waals surface area contributed by atoms with Crippen LogP contribution in [0, 0.1) is 0 Å². The van der Waals surface area contributed by atoms with E-state index in [-0.39, 0.29) is 5.69 Å². The fourth-order valence-electron chi connectivity index (χ4n) is 1.31. The van der Waals surface area contributed by atoms with Crippen molar-refractivity contribution < 1.29 is 13.2 Å². The zero-order chi connectivity index (χ0) is 12.3. The molecular weight excluding hydrogens is 229 g/mol. The van der Waals surface area contributed by atoms with Gasteiger partial charge in [-0.1, -0.05) is 36.4 Å². The molecule has 0 saturated heterocycles. The summed E-state index contributed by atoms with van der Waals surface area (Å²) in [4.78, 5) is 0. The van der Waals surface area contributed by atoms with Crippen molar-refractivity contribution in [1.82, 2.24) is 10.2 Å². The van der Waals surface area contributed by atoms with Gasteiger partial charge in [0.1, 0.15) is 5.69 Å². The highest BCUT2D eigenvalue weighted by molar-refractivity contribution is 5.67. The molecule has 17 heavy (non-hydrogen) atoms. The lowest BCUT2D eigenvalue weighted by molar-refractivity contribution is -0.141. The number of hydrogen-bond acceptors (Lipinski definition) is 1. The van der Waals surface area contributed by atoms with Gasteiger partial charge >= 0.3 is 6.18 Å². The van der Waals surface area contributed by atoms with Crippen molar-refractivity contribution in [3.63, 3.8) is 0 Å². The Morgan fingerprint density at radius 2 is 1.76 bits per heavy atom. The molecule has 0 saturated carbocycles. The highest BCUT2D eigenvalue weighted by Gasteiger charge is 2.32. The molecule has 88 valence electrons. The zero-order valence-electron chi connectivity index (χ0n) is 8.70. The number of halogens is 3. The van der Waals surface area contributed by atoms with Crippen molar-refractivity contribution in [3.05, 3.63) is 53.3 Å². The molecule has 1 N–H and O–H groups in total. The summed E-state index contributed by atoms with van der Waals surface area (Å²) in [6.45, 7) is 0. The predicted octanol–water partition coefficient (Wildman–Crippen LogP) is 3.60. The molecule has 2 nitrogen and oxygen atoms in total. The van der Waals surface area contributed by atoms with Gasteiger partial charge in [0.25, 0.3) is 0 Å². The molecule has 5 heteroatoms. The third-order valence-electron chi connectivity index (χ3n) is 2.15. The maximum absolute atomic E-state index is 12.3. The van der Waals surface area contributed by atoms with E-state index in [2.05, 4.69) is 5.10 Å². The van der Waals surface area contributed by atoms with Crippen molar-refractivity contribution in [1.29, 1.82) is 0 Å². The molecular formula is C12H9F3N2. The number of rotatable bonds is 2. The van der Waals surface area contributed by atoms with Gasteiger partial charge in [0, 0.05) is 0 Å². The maximum atomic E-state index is 12.3. The van der Waals surface area contributed by atoms with Crippen molar-refractivity contribution in [2.75, 3.05) is 0 Å². The van der Waals surface area contributed by atoms with Crippen LogP contribution in [0.4, 0.5) is 13.2 Å². The van der Waals surface area contributed by atoms with Crippen molar-refractivity contribution >= 4 is 12.2 Å². The van der Waals surface area contributed by atoms with Crippen LogP contribution in [-0.2, 0) is 6.18 Å². The minimum absolute atomic E-state index is 0.251. The van der Waals surface area contributed by atoms with Gasteiger partial charge in [0.15, 0.2) is 0 Å². The van der Waals surface area contributed by atoms with Gasteiger partial charge in [-0.15, -0.1) is 0 Å². The Balaban J connectivity index is 2.15. The second-order valence-electron chi connectivity index (χ2n) is 3.45. The quantitative estimate of drug-likeness (QED) is 0.850. The maximum Gasteiger partial charge on any atom is 0.432 e. The molecule has 0 aliphatic heterocycles. The standard InChI is InChI=1S/C12H9F3N2/c13-12(14,15)11-8-10(16-17-11)7-6-9-4-2-1-3-5-9/h1-8H,(H,16,17)/b7-6+. The Morgan fingerprint density at radius 3 is 2.35 bits per heavy atom. The summed E-state index contributed by atoms with van der Waals surface area (Å²) in [6.07, 6.45) is -1.15. The van der Waals surface area contributed by atoms with E-state index < -0.39 is 11.9 Å². The molecule has 0 spiro atoms. The summed E-state index contributed by atoms with van der Waals surface area (Å²) in [7, 11) is 0. The van der Waals surface area contributed by atoms with E-state index >= 15 is 0 Å². The molecule has 1 heterocycles. The van der Waals surface area contributed by atoms with Gasteiger partial charge in [-0.05, 0) is 17.7 Å². The van der Waals surface area contributed by atoms with Gasteiger partial charge < -0.3 is 0 Å². The second kappa shape index (κ2) is 4.45. The van der Waals surface area contributed by atoms with Gasteiger partial charge in [0.05, 0.1) is 5.69 Å². The Bertz CT molecular complexity index is 512. The highest BCUT2D eigenvalue weighted by Crippen LogP contribution is 2.27. The first-order chi connectivity index (χ1) is 8.05. The Kier molecular flexibility index (Phi) is 2.99. The molecule has 0 aliphatic carbocycles. The van der Waals surface area contributed by atoms with Crippen LogP contribution in [0.2, 0.25) is 0 Å². The van der Waals surface area contributed by atoms with Crippen LogP contribution in [0.5, 0.6) is 0 Å². The van der Waals surface area contributed by atoms with Crippen LogP contribution < -0.4 is 0 Å². The Morgan fingerprint density at radius 1 is 1.06 bits per heavy atom. The molecule has 0 bridgehead atoms. The van der Waals surface area contributed by atoms with Crippen LogP contribution in [0.3, 0.4) is 0 Å². The molecule has 0 atom stereocenters. The summed E-state index contributed by atoms with van der Waals surface area (Å²) in [5.41, 5.74) is 0.315. The molecule has 0 aliphatic rings. The Labute approximate surface area is 95.8 Å². The molecule has 0 fully saturated rings. The van der Waals surface area contributed by atoms with E-state index in [1.165, 1.54) is 6.08 Å². The fourth-order valence-corrected chi connectivity index (χ4v) is 1.31. The smallest absolute Gasteiger partial charge is 0.273 e. The fraction of sp³-hybridized carbons (Fsp3) is 0.0833. The summed E-state index contributed by atoms with van der Waals surface area (Å²) < 4.78 is 36.8. The van der Waals surface area contributed by atoms with E-state index in [0.29, 0.717) is 0 Å². The average molecular weight is 238 g/mol. The molecule has 2 aromatic rings. The van der Waals surface area contributed by atoms with Gasteiger partial charge in [-0.2, -0.15) is 18.3 Å². The van der Waals surface area contributed by atoms with Crippen LogP contribution in [0.1, 0.15) is 17.0 Å². The number of aromatic nitrogens is 2. The van der Waals surface area contributed by atoms with E-state index in [1.54, 1.807) is 6.08 Å². The summed E-state index contributed by atoms with van der Waals surface area (Å²) in [6, 6.07) is 10.3. The predicted molar refractivity (Wildman–Crippen MR) is 59.0 cm³/mol. The van der Waals surface area contributed by atoms with Gasteiger partial charge in [-0.3, -0.25) is 5.10 Å². The van der Waals surface area contributed by atoms with E-state index in [4.69, 9.17) is 0 Å². The number of alkyl halides is 3. The summed E-state index contributed by atoms with van der Waals surface area (Å²) in [5.74, 6) is 0. The minimum atomic E-state index is -4.38. The largest absolute Gasteiger partial charge is 0.432 e. The Hall–Kier alpha value is -2.04. The van der Waals surface area contributed by atoms with Crippen molar-refractivity contribution in [3.8, 4) is 0 Å². The lowest BCUT2D eigenvalue weighted by Gasteiger charge is -1.99. The normalized spacial score (nSPS) is 12.2. The third-order valence-corrected chi connectivity index (χ3v) is 2.15. The number of benzene rings is 1. The minimum Gasteiger partial charge on any atom is -0.273 e. The van der Waals surface area contributed by atoms with Crippen LogP contribution in [-0.4, -0.2) is 10.2 Å². The zero-order valence-corrected chi connectivity index (χ0v) is 8.70. The van der Waals surface area contributed by atoms with Crippen molar-refractivity contribution in [2.45, 2.75) is 6.18 Å². The van der Waals surface area contributed by atoms with Crippen LogP contribution in [0.25, 0.3) is 12.2 Å². The average Bonchev–Trinajstić information content (AvgIpc) is 2.76. The molecule has 0 unspecified atom stereocenters. The lowest BCUT2D eigenvalue weighted by atomic mass is 10.2. The van der Waals surface area contributed by atoms with Crippen LogP contribution in [0.15, 0.2) is 36.4 Å². The number of hydrogen-bond donors (Lipinski definition) is 1. The topological polar surface area (TPSA) is 28.7 Å². The van der Waals surface area contributed by atoms with E-state index in [0.717, 1.165) is 11.6 Å². The van der Waals surface area contributed by atoms with Gasteiger partial charge in [0.2, 0.25) is 0 Å². The van der Waals surface area contributed by atoms with E-state index in [9.17, 15) is 13.2 Å². The number of H-pyrrole nitrogens is 1. The summed E-state index contributed by atoms with van der Waals surface area (Å²) in [5, 5.41) is 5.52. The highest BCUT2D eigenvalue weighted by atomic mass is 19.4. The van der Waals surface area contributed by atoms with E-state index in [1.807, 2.05) is 35.4 Å². The molecule has 0 radical (unpaired) electrons. The molecule has 0 amide bonds. The number of aromatic amines is 1. The van der Waals surface area contributed by atoms with Crippen LogP contribution >= 0.6 is 0 Å². The third kappa shape index (κ3) is 2.96. The SMILES string of the molecule is FC(F)(F)c1cc(/C=C/c2ccccc2)n[nH]1.